The standard InChI is InChI=1S/C14H28N4O2/c1-6-11(7-2)18(8-9-19-5)10-12-16-13(17-20-12)14(3,4)15/h11H,6-10,15H2,1-5H3. The fourth-order valence-electron chi connectivity index (χ4n) is 2.16. The number of rotatable bonds is 9. The molecule has 1 heterocycles. The van der Waals surface area contributed by atoms with Gasteiger partial charge in [-0.05, 0) is 26.7 Å². The van der Waals surface area contributed by atoms with Crippen LogP contribution in [0.25, 0.3) is 0 Å². The lowest BCUT2D eigenvalue weighted by Gasteiger charge is -2.28. The molecular weight excluding hydrogens is 256 g/mol. The second-order valence-corrected chi connectivity index (χ2v) is 5.67. The lowest BCUT2D eigenvalue weighted by molar-refractivity contribution is 0.100. The molecule has 0 unspecified atom stereocenters. The number of nitrogens with zero attached hydrogens (tertiary/aromatic N) is 3. The van der Waals surface area contributed by atoms with Gasteiger partial charge < -0.3 is 15.0 Å². The van der Waals surface area contributed by atoms with Crippen LogP contribution in [0.5, 0.6) is 0 Å². The predicted octanol–water partition coefficient (Wildman–Crippen LogP) is 1.90. The Labute approximate surface area is 121 Å². The van der Waals surface area contributed by atoms with E-state index in [9.17, 15) is 0 Å². The van der Waals surface area contributed by atoms with Crippen LogP contribution in [0.4, 0.5) is 0 Å². The molecule has 0 aliphatic heterocycles. The second kappa shape index (κ2) is 7.71. The van der Waals surface area contributed by atoms with Crippen LogP contribution >= 0.6 is 0 Å². The first-order valence-corrected chi connectivity index (χ1v) is 7.27. The Bertz CT molecular complexity index is 383. The molecule has 1 rings (SSSR count). The van der Waals surface area contributed by atoms with E-state index in [4.69, 9.17) is 15.0 Å². The van der Waals surface area contributed by atoms with E-state index in [1.54, 1.807) is 7.11 Å². The van der Waals surface area contributed by atoms with Crippen molar-refractivity contribution in [1.82, 2.24) is 15.0 Å². The van der Waals surface area contributed by atoms with Gasteiger partial charge in [-0.15, -0.1) is 0 Å². The van der Waals surface area contributed by atoms with Crippen molar-refractivity contribution in [3.63, 3.8) is 0 Å². The molecule has 0 saturated heterocycles. The fourth-order valence-corrected chi connectivity index (χ4v) is 2.16. The molecule has 0 fully saturated rings. The van der Waals surface area contributed by atoms with E-state index in [-0.39, 0.29) is 0 Å². The van der Waals surface area contributed by atoms with Gasteiger partial charge in [0.25, 0.3) is 0 Å². The average Bonchev–Trinajstić information content (AvgIpc) is 2.85. The second-order valence-electron chi connectivity index (χ2n) is 5.67. The Hall–Kier alpha value is -0.980. The maximum atomic E-state index is 5.97. The number of hydrogen-bond acceptors (Lipinski definition) is 6. The molecule has 0 atom stereocenters. The summed E-state index contributed by atoms with van der Waals surface area (Å²) in [4.78, 5) is 6.72. The summed E-state index contributed by atoms with van der Waals surface area (Å²) in [5.41, 5.74) is 5.40. The molecule has 0 amide bonds. The molecule has 0 aliphatic rings. The first-order chi connectivity index (χ1) is 9.42. The molecule has 0 aliphatic carbocycles. The topological polar surface area (TPSA) is 77.4 Å². The third-order valence-electron chi connectivity index (χ3n) is 3.42. The van der Waals surface area contributed by atoms with Crippen molar-refractivity contribution in [2.24, 2.45) is 5.73 Å². The Morgan fingerprint density at radius 2 is 2.00 bits per heavy atom. The van der Waals surface area contributed by atoms with Crippen molar-refractivity contribution >= 4 is 0 Å². The fraction of sp³-hybridized carbons (Fsp3) is 0.857. The van der Waals surface area contributed by atoms with Crippen molar-refractivity contribution in [3.05, 3.63) is 11.7 Å². The predicted molar refractivity (Wildman–Crippen MR) is 78.2 cm³/mol. The molecule has 20 heavy (non-hydrogen) atoms. The zero-order chi connectivity index (χ0) is 15.2. The molecule has 0 saturated carbocycles. The van der Waals surface area contributed by atoms with E-state index >= 15 is 0 Å². The molecule has 116 valence electrons. The van der Waals surface area contributed by atoms with Crippen molar-refractivity contribution in [2.75, 3.05) is 20.3 Å². The smallest absolute Gasteiger partial charge is 0.240 e. The molecule has 1 aromatic rings. The van der Waals surface area contributed by atoms with E-state index in [0.717, 1.165) is 19.4 Å². The van der Waals surface area contributed by atoms with Crippen LogP contribution in [0.3, 0.4) is 0 Å². The van der Waals surface area contributed by atoms with Crippen molar-refractivity contribution in [3.8, 4) is 0 Å². The van der Waals surface area contributed by atoms with Crippen LogP contribution in [-0.2, 0) is 16.8 Å². The minimum atomic E-state index is -0.575. The van der Waals surface area contributed by atoms with Crippen LogP contribution < -0.4 is 5.73 Å². The van der Waals surface area contributed by atoms with Gasteiger partial charge in [-0.2, -0.15) is 4.98 Å². The van der Waals surface area contributed by atoms with Crippen molar-refractivity contribution in [2.45, 2.75) is 58.7 Å². The number of hydrogen-bond donors (Lipinski definition) is 1. The van der Waals surface area contributed by atoms with E-state index in [2.05, 4.69) is 28.9 Å². The average molecular weight is 284 g/mol. The number of nitrogens with two attached hydrogens (primary N) is 1. The highest BCUT2D eigenvalue weighted by molar-refractivity contribution is 4.99. The van der Waals surface area contributed by atoms with Gasteiger partial charge in [-0.1, -0.05) is 19.0 Å². The lowest BCUT2D eigenvalue weighted by Crippen LogP contribution is -2.36. The molecule has 0 radical (unpaired) electrons. The van der Waals surface area contributed by atoms with E-state index in [1.165, 1.54) is 0 Å². The summed E-state index contributed by atoms with van der Waals surface area (Å²) >= 11 is 0. The van der Waals surface area contributed by atoms with E-state index in [0.29, 0.717) is 30.9 Å². The summed E-state index contributed by atoms with van der Waals surface area (Å²) in [6.45, 7) is 10.3. The maximum absolute atomic E-state index is 5.97. The summed E-state index contributed by atoms with van der Waals surface area (Å²) in [6.07, 6.45) is 2.17. The number of methoxy groups -OCH3 is 1. The van der Waals surface area contributed by atoms with Gasteiger partial charge in [0.15, 0.2) is 5.82 Å². The molecule has 0 spiro atoms. The minimum absolute atomic E-state index is 0.492. The summed E-state index contributed by atoms with van der Waals surface area (Å²) in [5.74, 6) is 1.16. The SMILES string of the molecule is CCC(CC)N(CCOC)Cc1nc(C(C)(C)N)no1. The van der Waals surface area contributed by atoms with Gasteiger partial charge in [0, 0.05) is 19.7 Å². The Morgan fingerprint density at radius 1 is 1.35 bits per heavy atom. The van der Waals surface area contributed by atoms with Crippen LogP contribution in [-0.4, -0.2) is 41.3 Å². The van der Waals surface area contributed by atoms with Gasteiger partial charge >= 0.3 is 0 Å². The quantitative estimate of drug-likeness (QED) is 0.746. The van der Waals surface area contributed by atoms with Gasteiger partial charge in [-0.25, -0.2) is 0 Å². The van der Waals surface area contributed by atoms with Gasteiger partial charge in [0.2, 0.25) is 5.89 Å². The lowest BCUT2D eigenvalue weighted by atomic mass is 10.1. The monoisotopic (exact) mass is 284 g/mol. The third-order valence-corrected chi connectivity index (χ3v) is 3.42. The van der Waals surface area contributed by atoms with Crippen LogP contribution in [0.15, 0.2) is 4.52 Å². The summed E-state index contributed by atoms with van der Waals surface area (Å²) in [5, 5.41) is 3.96. The zero-order valence-corrected chi connectivity index (χ0v) is 13.3. The molecule has 0 bridgehead atoms. The highest BCUT2D eigenvalue weighted by Gasteiger charge is 2.23. The number of aromatic nitrogens is 2. The largest absolute Gasteiger partial charge is 0.383 e. The summed E-state index contributed by atoms with van der Waals surface area (Å²) in [7, 11) is 1.72. The molecular formula is C14H28N4O2. The third kappa shape index (κ3) is 4.85. The van der Waals surface area contributed by atoms with Gasteiger partial charge in [0.05, 0.1) is 18.7 Å². The van der Waals surface area contributed by atoms with Gasteiger partial charge in [0.1, 0.15) is 0 Å². The minimum Gasteiger partial charge on any atom is -0.383 e. The van der Waals surface area contributed by atoms with E-state index in [1.807, 2.05) is 13.8 Å². The zero-order valence-electron chi connectivity index (χ0n) is 13.3. The summed E-state index contributed by atoms with van der Waals surface area (Å²) in [6, 6.07) is 0.492. The van der Waals surface area contributed by atoms with E-state index < -0.39 is 5.54 Å². The van der Waals surface area contributed by atoms with Gasteiger partial charge in [-0.3, -0.25) is 4.90 Å². The first kappa shape index (κ1) is 17.1. The molecule has 6 nitrogen and oxygen atoms in total. The molecule has 2 N–H and O–H groups in total. The maximum Gasteiger partial charge on any atom is 0.240 e. The molecule has 6 heteroatoms. The first-order valence-electron chi connectivity index (χ1n) is 7.27. The highest BCUT2D eigenvalue weighted by atomic mass is 16.5. The molecule has 1 aromatic heterocycles. The molecule has 0 aromatic carbocycles. The van der Waals surface area contributed by atoms with Crippen LogP contribution in [0, 0.1) is 0 Å². The highest BCUT2D eigenvalue weighted by Crippen LogP contribution is 2.16. The van der Waals surface area contributed by atoms with Crippen LogP contribution in [0.1, 0.15) is 52.3 Å². The Kier molecular flexibility index (Phi) is 6.58. The Balaban J connectivity index is 2.75. The van der Waals surface area contributed by atoms with Crippen molar-refractivity contribution in [1.29, 1.82) is 0 Å². The number of ether oxygens (including phenoxy) is 1. The van der Waals surface area contributed by atoms with Crippen molar-refractivity contribution < 1.29 is 9.26 Å². The van der Waals surface area contributed by atoms with Crippen LogP contribution in [0.2, 0.25) is 0 Å². The normalized spacial score (nSPS) is 12.6. The summed E-state index contributed by atoms with van der Waals surface area (Å²) < 4.78 is 10.5. The Morgan fingerprint density at radius 3 is 2.45 bits per heavy atom.